The van der Waals surface area contributed by atoms with E-state index in [2.05, 4.69) is 20.4 Å². The minimum atomic E-state index is 0.381. The van der Waals surface area contributed by atoms with Crippen LogP contribution in [0.2, 0.25) is 5.15 Å². The van der Waals surface area contributed by atoms with Crippen LogP contribution in [0.4, 0.5) is 0 Å². The first-order chi connectivity index (χ1) is 4.88. The van der Waals surface area contributed by atoms with Gasteiger partial charge in [0.25, 0.3) is 0 Å². The molecule has 2 heterocycles. The summed E-state index contributed by atoms with van der Waals surface area (Å²) in [4.78, 5) is 2.86. The SMILES string of the molecule is Clc1nnnc2[nH]ccc12. The molecular weight excluding hydrogens is 152 g/mol. The minimum absolute atomic E-state index is 0.381. The van der Waals surface area contributed by atoms with Crippen molar-refractivity contribution in [2.24, 2.45) is 0 Å². The van der Waals surface area contributed by atoms with Crippen molar-refractivity contribution in [3.8, 4) is 0 Å². The molecule has 0 aliphatic heterocycles. The summed E-state index contributed by atoms with van der Waals surface area (Å²) in [7, 11) is 0. The van der Waals surface area contributed by atoms with Gasteiger partial charge in [-0.05, 0) is 11.3 Å². The molecule has 0 amide bonds. The third kappa shape index (κ3) is 0.657. The number of nitrogens with zero attached hydrogens (tertiary/aromatic N) is 3. The molecule has 5 heteroatoms. The summed E-state index contributed by atoms with van der Waals surface area (Å²) < 4.78 is 0. The molecule has 1 N–H and O–H groups in total. The molecule has 2 rings (SSSR count). The van der Waals surface area contributed by atoms with Crippen LogP contribution >= 0.6 is 11.6 Å². The lowest BCUT2D eigenvalue weighted by Gasteiger charge is -1.86. The molecule has 0 saturated carbocycles. The fourth-order valence-corrected chi connectivity index (χ4v) is 0.956. The number of fused-ring (bicyclic) bond motifs is 1. The number of rotatable bonds is 0. The van der Waals surface area contributed by atoms with Crippen molar-refractivity contribution in [1.82, 2.24) is 20.4 Å². The van der Waals surface area contributed by atoms with E-state index in [9.17, 15) is 0 Å². The van der Waals surface area contributed by atoms with Crippen LogP contribution in [0.5, 0.6) is 0 Å². The van der Waals surface area contributed by atoms with Crippen LogP contribution in [-0.2, 0) is 0 Å². The van der Waals surface area contributed by atoms with E-state index < -0.39 is 0 Å². The molecule has 4 nitrogen and oxygen atoms in total. The van der Waals surface area contributed by atoms with E-state index >= 15 is 0 Å². The second-order valence-electron chi connectivity index (χ2n) is 1.82. The van der Waals surface area contributed by atoms with Crippen LogP contribution in [0.25, 0.3) is 11.0 Å². The van der Waals surface area contributed by atoms with Gasteiger partial charge in [0.05, 0.1) is 5.39 Å². The summed E-state index contributed by atoms with van der Waals surface area (Å²) in [5, 5.41) is 11.9. The Kier molecular flexibility index (Phi) is 1.07. The Hall–Kier alpha value is -1.16. The zero-order valence-electron chi connectivity index (χ0n) is 4.87. The predicted octanol–water partition coefficient (Wildman–Crippen LogP) is 1.01. The molecular formula is C5H3ClN4. The number of nitrogens with one attached hydrogen (secondary N) is 1. The number of H-pyrrole nitrogens is 1. The first kappa shape index (κ1) is 5.61. The molecule has 10 heavy (non-hydrogen) atoms. The number of hydrogen-bond acceptors (Lipinski definition) is 3. The molecule has 0 spiro atoms. The van der Waals surface area contributed by atoms with E-state index in [-0.39, 0.29) is 0 Å². The van der Waals surface area contributed by atoms with Gasteiger partial charge in [0.15, 0.2) is 10.8 Å². The van der Waals surface area contributed by atoms with Gasteiger partial charge in [-0.15, -0.1) is 10.2 Å². The van der Waals surface area contributed by atoms with Crippen LogP contribution in [0.15, 0.2) is 12.3 Å². The Morgan fingerprint density at radius 2 is 2.30 bits per heavy atom. The Morgan fingerprint density at radius 1 is 1.40 bits per heavy atom. The molecule has 0 radical (unpaired) electrons. The molecule has 2 aromatic rings. The molecule has 0 fully saturated rings. The van der Waals surface area contributed by atoms with Gasteiger partial charge in [0.1, 0.15) is 0 Å². The summed E-state index contributed by atoms with van der Waals surface area (Å²) >= 11 is 5.66. The van der Waals surface area contributed by atoms with E-state index in [4.69, 9.17) is 11.6 Å². The number of aromatic nitrogens is 4. The van der Waals surface area contributed by atoms with Gasteiger partial charge in [-0.1, -0.05) is 11.6 Å². The third-order valence-electron chi connectivity index (χ3n) is 1.22. The first-order valence-corrected chi connectivity index (χ1v) is 3.07. The lowest BCUT2D eigenvalue weighted by Crippen LogP contribution is -1.86. The average Bonchev–Trinajstić information content (AvgIpc) is 2.36. The van der Waals surface area contributed by atoms with Gasteiger partial charge < -0.3 is 4.98 Å². The van der Waals surface area contributed by atoms with Gasteiger partial charge >= 0.3 is 0 Å². The maximum atomic E-state index is 5.66. The molecule has 0 saturated heterocycles. The molecule has 0 aliphatic carbocycles. The second-order valence-corrected chi connectivity index (χ2v) is 2.18. The Bertz CT molecular complexity index is 355. The van der Waals surface area contributed by atoms with E-state index in [1.54, 1.807) is 12.3 Å². The van der Waals surface area contributed by atoms with Gasteiger partial charge in [0, 0.05) is 6.20 Å². The van der Waals surface area contributed by atoms with Gasteiger partial charge in [-0.25, -0.2) is 0 Å². The molecule has 2 aromatic heterocycles. The van der Waals surface area contributed by atoms with E-state index in [0.717, 1.165) is 5.39 Å². The number of halogens is 1. The molecule has 0 aromatic carbocycles. The van der Waals surface area contributed by atoms with E-state index in [1.807, 2.05) is 0 Å². The second kappa shape index (κ2) is 1.91. The van der Waals surface area contributed by atoms with Gasteiger partial charge in [0.2, 0.25) is 0 Å². The largest absolute Gasteiger partial charge is 0.345 e. The summed E-state index contributed by atoms with van der Waals surface area (Å²) in [5.74, 6) is 0. The lowest BCUT2D eigenvalue weighted by molar-refractivity contribution is 0.890. The standard InChI is InChI=1S/C5H3ClN4/c6-4-3-1-2-7-5(3)9-10-8-4/h1-2H,(H,7,8,9). The highest BCUT2D eigenvalue weighted by Crippen LogP contribution is 2.15. The Labute approximate surface area is 61.2 Å². The molecule has 50 valence electrons. The molecule has 0 bridgehead atoms. The van der Waals surface area contributed by atoms with E-state index in [0.29, 0.717) is 10.8 Å². The lowest BCUT2D eigenvalue weighted by atomic mass is 10.4. The van der Waals surface area contributed by atoms with Crippen molar-refractivity contribution in [2.75, 3.05) is 0 Å². The smallest absolute Gasteiger partial charge is 0.164 e. The highest BCUT2D eigenvalue weighted by Gasteiger charge is 2.00. The number of hydrogen-bond donors (Lipinski definition) is 1. The average molecular weight is 155 g/mol. The van der Waals surface area contributed by atoms with Crippen LogP contribution in [0.3, 0.4) is 0 Å². The van der Waals surface area contributed by atoms with Crippen LogP contribution in [0.1, 0.15) is 0 Å². The van der Waals surface area contributed by atoms with Crippen molar-refractivity contribution in [3.63, 3.8) is 0 Å². The van der Waals surface area contributed by atoms with Crippen LogP contribution < -0.4 is 0 Å². The minimum Gasteiger partial charge on any atom is -0.345 e. The summed E-state index contributed by atoms with van der Waals surface area (Å²) in [6, 6.07) is 1.80. The fourth-order valence-electron chi connectivity index (χ4n) is 0.770. The highest BCUT2D eigenvalue weighted by atomic mass is 35.5. The predicted molar refractivity (Wildman–Crippen MR) is 36.7 cm³/mol. The third-order valence-corrected chi connectivity index (χ3v) is 1.50. The molecule has 0 unspecified atom stereocenters. The van der Waals surface area contributed by atoms with Crippen molar-refractivity contribution < 1.29 is 0 Å². The highest BCUT2D eigenvalue weighted by molar-refractivity contribution is 6.33. The maximum absolute atomic E-state index is 5.66. The first-order valence-electron chi connectivity index (χ1n) is 2.70. The maximum Gasteiger partial charge on any atom is 0.164 e. The summed E-state index contributed by atoms with van der Waals surface area (Å²) in [6.07, 6.45) is 1.74. The zero-order chi connectivity index (χ0) is 6.97. The zero-order valence-corrected chi connectivity index (χ0v) is 5.63. The normalized spacial score (nSPS) is 10.5. The topological polar surface area (TPSA) is 54.5 Å². The van der Waals surface area contributed by atoms with Crippen molar-refractivity contribution in [2.45, 2.75) is 0 Å². The summed E-state index contributed by atoms with van der Waals surface area (Å²) in [6.45, 7) is 0. The van der Waals surface area contributed by atoms with Crippen LogP contribution in [0, 0.1) is 0 Å². The van der Waals surface area contributed by atoms with Crippen LogP contribution in [-0.4, -0.2) is 20.4 Å². The number of aromatic amines is 1. The molecule has 0 aliphatic rings. The van der Waals surface area contributed by atoms with Gasteiger partial charge in [-0.2, -0.15) is 0 Å². The fraction of sp³-hybridized carbons (Fsp3) is 0. The Morgan fingerprint density at radius 3 is 3.10 bits per heavy atom. The van der Waals surface area contributed by atoms with Gasteiger partial charge in [-0.3, -0.25) is 0 Å². The van der Waals surface area contributed by atoms with E-state index in [1.165, 1.54) is 0 Å². The monoisotopic (exact) mass is 154 g/mol. The quantitative estimate of drug-likeness (QED) is 0.616. The summed E-state index contributed by atoms with van der Waals surface area (Å²) in [5.41, 5.74) is 0.667. The molecule has 0 atom stereocenters. The van der Waals surface area contributed by atoms with Crippen molar-refractivity contribution >= 4 is 22.6 Å². The van der Waals surface area contributed by atoms with Crippen molar-refractivity contribution in [1.29, 1.82) is 0 Å². The van der Waals surface area contributed by atoms with Crippen molar-refractivity contribution in [3.05, 3.63) is 17.4 Å². The Balaban J connectivity index is 2.95.